The van der Waals surface area contributed by atoms with Crippen LogP contribution in [0.1, 0.15) is 57.2 Å². The summed E-state index contributed by atoms with van der Waals surface area (Å²) >= 11 is 1.76. The van der Waals surface area contributed by atoms with Crippen molar-refractivity contribution in [2.75, 3.05) is 26.2 Å². The maximum absolute atomic E-state index is 12.5. The largest absolute Gasteiger partial charge is 0.355 e. The average Bonchev–Trinajstić information content (AvgIpc) is 3.10. The second-order valence-electron chi connectivity index (χ2n) is 7.21. The molecule has 2 heterocycles. The summed E-state index contributed by atoms with van der Waals surface area (Å²) in [7, 11) is 0. The standard InChI is InChI=1S/C19H34N4OS/c1-4-17-22-16(13-25-17)12-23-9-7-15(8-10-23)11-21-18(24)19(5-2,6-3)14-20/h13,15H,4-12,14,20H2,1-3H3,(H,21,24). The second kappa shape index (κ2) is 9.64. The van der Waals surface area contributed by atoms with E-state index < -0.39 is 0 Å². The Labute approximate surface area is 156 Å². The predicted octanol–water partition coefficient (Wildman–Crippen LogP) is 2.80. The fourth-order valence-corrected chi connectivity index (χ4v) is 4.27. The summed E-state index contributed by atoms with van der Waals surface area (Å²) in [6.45, 7) is 10.6. The summed E-state index contributed by atoms with van der Waals surface area (Å²) in [4.78, 5) is 19.7. The van der Waals surface area contributed by atoms with E-state index in [0.717, 1.165) is 58.3 Å². The van der Waals surface area contributed by atoms with Gasteiger partial charge >= 0.3 is 0 Å². The molecular weight excluding hydrogens is 332 g/mol. The number of piperidine rings is 1. The first-order valence-corrected chi connectivity index (χ1v) is 10.6. The molecule has 142 valence electrons. The van der Waals surface area contributed by atoms with Gasteiger partial charge in [0.05, 0.1) is 16.1 Å². The molecule has 0 unspecified atom stereocenters. The number of nitrogens with one attached hydrogen (secondary N) is 1. The number of aryl methyl sites for hydroxylation is 1. The molecule has 1 saturated heterocycles. The summed E-state index contributed by atoms with van der Waals surface area (Å²) < 4.78 is 0. The molecule has 0 saturated carbocycles. The number of amides is 1. The molecule has 0 atom stereocenters. The summed E-state index contributed by atoms with van der Waals surface area (Å²) in [5.41, 5.74) is 6.68. The van der Waals surface area contributed by atoms with Crippen LogP contribution in [0.5, 0.6) is 0 Å². The first kappa shape index (κ1) is 20.3. The summed E-state index contributed by atoms with van der Waals surface area (Å²) in [6, 6.07) is 0. The van der Waals surface area contributed by atoms with Crippen molar-refractivity contribution in [3.8, 4) is 0 Å². The highest BCUT2D eigenvalue weighted by Crippen LogP contribution is 2.25. The van der Waals surface area contributed by atoms with Crippen molar-refractivity contribution in [2.45, 2.75) is 59.4 Å². The summed E-state index contributed by atoms with van der Waals surface area (Å²) in [5.74, 6) is 0.711. The topological polar surface area (TPSA) is 71.2 Å². The van der Waals surface area contributed by atoms with Gasteiger partial charge in [-0.3, -0.25) is 9.69 Å². The number of likely N-dealkylation sites (tertiary alicyclic amines) is 1. The molecule has 1 amide bonds. The van der Waals surface area contributed by atoms with Crippen molar-refractivity contribution in [3.05, 3.63) is 16.1 Å². The van der Waals surface area contributed by atoms with Crippen LogP contribution >= 0.6 is 11.3 Å². The van der Waals surface area contributed by atoms with Gasteiger partial charge in [-0.25, -0.2) is 4.98 Å². The zero-order chi connectivity index (χ0) is 18.3. The molecular formula is C19H34N4OS. The zero-order valence-corrected chi connectivity index (χ0v) is 16.8. The summed E-state index contributed by atoms with van der Waals surface area (Å²) in [6.07, 6.45) is 4.90. The first-order valence-electron chi connectivity index (χ1n) is 9.70. The van der Waals surface area contributed by atoms with Gasteiger partial charge in [-0.1, -0.05) is 20.8 Å². The number of aromatic nitrogens is 1. The molecule has 2 rings (SSSR count). The Hall–Kier alpha value is -0.980. The molecule has 1 aromatic rings. The van der Waals surface area contributed by atoms with E-state index in [2.05, 4.69) is 41.4 Å². The zero-order valence-electron chi connectivity index (χ0n) is 16.0. The molecule has 3 N–H and O–H groups in total. The van der Waals surface area contributed by atoms with E-state index >= 15 is 0 Å². The molecule has 0 radical (unpaired) electrons. The van der Waals surface area contributed by atoms with Crippen LogP contribution in [0, 0.1) is 11.3 Å². The number of hydrogen-bond donors (Lipinski definition) is 2. The average molecular weight is 367 g/mol. The van der Waals surface area contributed by atoms with Crippen molar-refractivity contribution in [1.29, 1.82) is 0 Å². The van der Waals surface area contributed by atoms with E-state index in [9.17, 15) is 4.79 Å². The van der Waals surface area contributed by atoms with Crippen LogP contribution in [0.3, 0.4) is 0 Å². The minimum atomic E-state index is -0.387. The van der Waals surface area contributed by atoms with Gasteiger partial charge < -0.3 is 11.1 Å². The molecule has 0 bridgehead atoms. The lowest BCUT2D eigenvalue weighted by molar-refractivity contribution is -0.131. The maximum Gasteiger partial charge on any atom is 0.227 e. The monoisotopic (exact) mass is 366 g/mol. The van der Waals surface area contributed by atoms with Gasteiger partial charge in [-0.2, -0.15) is 0 Å². The van der Waals surface area contributed by atoms with E-state index in [-0.39, 0.29) is 11.3 Å². The van der Waals surface area contributed by atoms with Gasteiger partial charge in [-0.05, 0) is 51.1 Å². The third-order valence-electron chi connectivity index (χ3n) is 5.77. The number of thiazole rings is 1. The third-order valence-corrected chi connectivity index (χ3v) is 6.81. The highest BCUT2D eigenvalue weighted by molar-refractivity contribution is 7.09. The van der Waals surface area contributed by atoms with Crippen LogP contribution in [0.2, 0.25) is 0 Å². The van der Waals surface area contributed by atoms with Gasteiger partial charge in [0, 0.05) is 25.0 Å². The Balaban J connectivity index is 1.74. The van der Waals surface area contributed by atoms with Crippen LogP contribution in [-0.4, -0.2) is 42.0 Å². The van der Waals surface area contributed by atoms with Crippen molar-refractivity contribution in [2.24, 2.45) is 17.1 Å². The molecule has 1 aliphatic rings. The molecule has 5 nitrogen and oxygen atoms in total. The quantitative estimate of drug-likeness (QED) is 0.705. The molecule has 1 fully saturated rings. The number of nitrogens with two attached hydrogens (primary N) is 1. The predicted molar refractivity (Wildman–Crippen MR) is 105 cm³/mol. The Morgan fingerprint density at radius 1 is 1.36 bits per heavy atom. The molecule has 0 aromatic carbocycles. The number of hydrogen-bond acceptors (Lipinski definition) is 5. The van der Waals surface area contributed by atoms with Gasteiger partial charge in [-0.15, -0.1) is 11.3 Å². The lowest BCUT2D eigenvalue weighted by Gasteiger charge is -2.33. The van der Waals surface area contributed by atoms with E-state index in [1.807, 2.05) is 0 Å². The second-order valence-corrected chi connectivity index (χ2v) is 8.15. The molecule has 6 heteroatoms. The minimum absolute atomic E-state index is 0.136. The lowest BCUT2D eigenvalue weighted by Crippen LogP contribution is -2.47. The van der Waals surface area contributed by atoms with E-state index in [1.54, 1.807) is 11.3 Å². The smallest absolute Gasteiger partial charge is 0.227 e. The maximum atomic E-state index is 12.5. The van der Waals surface area contributed by atoms with Crippen molar-refractivity contribution in [3.63, 3.8) is 0 Å². The molecule has 1 aliphatic heterocycles. The van der Waals surface area contributed by atoms with Crippen molar-refractivity contribution < 1.29 is 4.79 Å². The van der Waals surface area contributed by atoms with E-state index in [0.29, 0.717) is 12.5 Å². The van der Waals surface area contributed by atoms with Gasteiger partial charge in [0.25, 0.3) is 0 Å². The van der Waals surface area contributed by atoms with Crippen molar-refractivity contribution >= 4 is 17.2 Å². The number of carbonyl (C=O) groups excluding carboxylic acids is 1. The SMILES string of the molecule is CCc1nc(CN2CCC(CNC(=O)C(CC)(CC)CN)CC2)cs1. The van der Waals surface area contributed by atoms with Crippen LogP contribution in [0.15, 0.2) is 5.38 Å². The fourth-order valence-electron chi connectivity index (χ4n) is 3.54. The normalized spacial score (nSPS) is 17.0. The van der Waals surface area contributed by atoms with Crippen molar-refractivity contribution in [1.82, 2.24) is 15.2 Å². The highest BCUT2D eigenvalue weighted by Gasteiger charge is 2.33. The van der Waals surface area contributed by atoms with Crippen LogP contribution in [0.25, 0.3) is 0 Å². The minimum Gasteiger partial charge on any atom is -0.355 e. The molecule has 25 heavy (non-hydrogen) atoms. The summed E-state index contributed by atoms with van der Waals surface area (Å²) in [5, 5.41) is 6.59. The Bertz CT molecular complexity index is 525. The molecule has 0 aliphatic carbocycles. The van der Waals surface area contributed by atoms with Crippen LogP contribution in [-0.2, 0) is 17.8 Å². The Kier molecular flexibility index (Phi) is 7.84. The van der Waals surface area contributed by atoms with Gasteiger partial charge in [0.1, 0.15) is 0 Å². The molecule has 0 spiro atoms. The Morgan fingerprint density at radius 3 is 2.56 bits per heavy atom. The number of rotatable bonds is 9. The van der Waals surface area contributed by atoms with E-state index in [4.69, 9.17) is 5.73 Å². The van der Waals surface area contributed by atoms with Crippen LogP contribution < -0.4 is 11.1 Å². The van der Waals surface area contributed by atoms with Crippen LogP contribution in [0.4, 0.5) is 0 Å². The first-order chi connectivity index (χ1) is 12.1. The van der Waals surface area contributed by atoms with Gasteiger partial charge in [0.2, 0.25) is 5.91 Å². The molecule has 1 aromatic heterocycles. The van der Waals surface area contributed by atoms with E-state index in [1.165, 1.54) is 10.7 Å². The lowest BCUT2D eigenvalue weighted by atomic mass is 9.81. The highest BCUT2D eigenvalue weighted by atomic mass is 32.1. The van der Waals surface area contributed by atoms with Gasteiger partial charge in [0.15, 0.2) is 0 Å². The number of carbonyl (C=O) groups is 1. The third kappa shape index (κ3) is 5.25. The Morgan fingerprint density at radius 2 is 2.04 bits per heavy atom. The number of nitrogens with zero attached hydrogens (tertiary/aromatic N) is 2. The fraction of sp³-hybridized carbons (Fsp3) is 0.789.